The Morgan fingerprint density at radius 2 is 1.94 bits per heavy atom. The van der Waals surface area contributed by atoms with E-state index in [0.717, 1.165) is 9.35 Å². The van der Waals surface area contributed by atoms with Crippen LogP contribution in [0.5, 0.6) is 0 Å². The number of hydrogen-bond acceptors (Lipinski definition) is 1. The van der Waals surface area contributed by atoms with Crippen LogP contribution in [0.3, 0.4) is 0 Å². The van der Waals surface area contributed by atoms with Crippen molar-refractivity contribution in [1.29, 1.82) is 0 Å². The first-order chi connectivity index (χ1) is 7.58. The van der Waals surface area contributed by atoms with Gasteiger partial charge in [0.1, 0.15) is 0 Å². The fourth-order valence-electron chi connectivity index (χ4n) is 1.52. The van der Waals surface area contributed by atoms with E-state index in [1.165, 1.54) is 14.0 Å². The molecule has 0 N–H and O–H groups in total. The highest BCUT2D eigenvalue weighted by Crippen LogP contribution is 2.37. The Balaban J connectivity index is 2.35. The summed E-state index contributed by atoms with van der Waals surface area (Å²) in [5, 5.41) is -0.0560. The van der Waals surface area contributed by atoms with Crippen molar-refractivity contribution < 1.29 is 0 Å². The molecule has 84 valence electrons. The first-order valence-corrected chi connectivity index (χ1v) is 7.86. The molecule has 1 aromatic carbocycles. The quantitative estimate of drug-likeness (QED) is 0.423. The van der Waals surface area contributed by atoms with E-state index in [9.17, 15) is 0 Å². The van der Waals surface area contributed by atoms with Gasteiger partial charge in [-0.2, -0.15) is 0 Å². The summed E-state index contributed by atoms with van der Waals surface area (Å²) in [6, 6.07) is 10.5. The largest absolute Gasteiger partial charge is 0.133 e. The van der Waals surface area contributed by atoms with Crippen LogP contribution in [0.25, 0.3) is 0 Å². The molecule has 0 aliphatic heterocycles. The second-order valence-electron chi connectivity index (χ2n) is 3.48. The molecule has 1 heterocycles. The molecule has 16 heavy (non-hydrogen) atoms. The predicted octanol–water partition coefficient (Wildman–Crippen LogP) is 5.75. The highest BCUT2D eigenvalue weighted by atomic mass is 127. The molecule has 2 rings (SSSR count). The summed E-state index contributed by atoms with van der Waals surface area (Å²) in [7, 11) is 0. The van der Waals surface area contributed by atoms with Crippen molar-refractivity contribution >= 4 is 61.5 Å². The Morgan fingerprint density at radius 3 is 2.44 bits per heavy atom. The molecule has 0 spiro atoms. The maximum Gasteiger partial charge on any atom is 0.0846 e. The average Bonchev–Trinajstić information content (AvgIpc) is 2.58. The number of rotatable bonds is 2. The maximum absolute atomic E-state index is 6.49. The standard InChI is InChI=1S/C12H9BrClIS/c1-7-10(6-11(13)16-7)12(14)8-2-4-9(15)5-3-8/h2-6,12H,1H3. The Labute approximate surface area is 126 Å². The van der Waals surface area contributed by atoms with Crippen molar-refractivity contribution in [3.05, 3.63) is 53.7 Å². The van der Waals surface area contributed by atoms with E-state index in [2.05, 4.69) is 75.8 Å². The average molecular weight is 428 g/mol. The minimum atomic E-state index is -0.0560. The molecular weight excluding hydrogens is 418 g/mol. The van der Waals surface area contributed by atoms with Gasteiger partial charge < -0.3 is 0 Å². The summed E-state index contributed by atoms with van der Waals surface area (Å²) in [4.78, 5) is 1.27. The number of aryl methyl sites for hydroxylation is 1. The van der Waals surface area contributed by atoms with Gasteiger partial charge in [0.15, 0.2) is 0 Å². The fraction of sp³-hybridized carbons (Fsp3) is 0.167. The summed E-state index contributed by atoms with van der Waals surface area (Å²) in [5.74, 6) is 0. The van der Waals surface area contributed by atoms with Gasteiger partial charge in [0.2, 0.25) is 0 Å². The summed E-state index contributed by atoms with van der Waals surface area (Å²) < 4.78 is 2.37. The molecule has 0 aliphatic rings. The lowest BCUT2D eigenvalue weighted by Gasteiger charge is -2.09. The van der Waals surface area contributed by atoms with Gasteiger partial charge in [-0.25, -0.2) is 0 Å². The molecule has 1 unspecified atom stereocenters. The minimum Gasteiger partial charge on any atom is -0.133 e. The molecule has 0 saturated heterocycles. The molecule has 2 aromatic rings. The summed E-state index contributed by atoms with van der Waals surface area (Å²) >= 11 is 14.0. The van der Waals surface area contributed by atoms with Crippen molar-refractivity contribution in [2.75, 3.05) is 0 Å². The van der Waals surface area contributed by atoms with Crippen LogP contribution in [0.2, 0.25) is 0 Å². The van der Waals surface area contributed by atoms with Gasteiger partial charge in [-0.05, 0) is 74.8 Å². The van der Waals surface area contributed by atoms with Crippen molar-refractivity contribution in [2.24, 2.45) is 0 Å². The molecule has 0 saturated carbocycles. The van der Waals surface area contributed by atoms with Crippen LogP contribution < -0.4 is 0 Å². The van der Waals surface area contributed by atoms with Crippen LogP contribution in [0.15, 0.2) is 34.1 Å². The predicted molar refractivity (Wildman–Crippen MR) is 83.6 cm³/mol. The topological polar surface area (TPSA) is 0 Å². The smallest absolute Gasteiger partial charge is 0.0846 e. The van der Waals surface area contributed by atoms with Crippen LogP contribution in [-0.2, 0) is 0 Å². The van der Waals surface area contributed by atoms with E-state index in [4.69, 9.17) is 11.6 Å². The molecule has 0 nitrogen and oxygen atoms in total. The van der Waals surface area contributed by atoms with Gasteiger partial charge in [-0.3, -0.25) is 0 Å². The Bertz CT molecular complexity index is 492. The fourth-order valence-corrected chi connectivity index (χ4v) is 4.07. The third-order valence-corrected chi connectivity index (χ3v) is 5.14. The summed E-state index contributed by atoms with van der Waals surface area (Å²) in [6.45, 7) is 2.10. The van der Waals surface area contributed by atoms with Gasteiger partial charge in [0, 0.05) is 8.45 Å². The monoisotopic (exact) mass is 426 g/mol. The van der Waals surface area contributed by atoms with Crippen LogP contribution in [0.1, 0.15) is 21.4 Å². The highest BCUT2D eigenvalue weighted by Gasteiger charge is 2.15. The highest BCUT2D eigenvalue weighted by molar-refractivity contribution is 14.1. The summed E-state index contributed by atoms with van der Waals surface area (Å²) in [5.41, 5.74) is 2.34. The van der Waals surface area contributed by atoms with Crippen molar-refractivity contribution in [3.8, 4) is 0 Å². The molecule has 0 bridgehead atoms. The molecule has 1 aromatic heterocycles. The van der Waals surface area contributed by atoms with Gasteiger partial charge in [-0.15, -0.1) is 22.9 Å². The zero-order valence-electron chi connectivity index (χ0n) is 8.51. The zero-order valence-corrected chi connectivity index (χ0v) is 13.8. The first-order valence-electron chi connectivity index (χ1n) is 4.73. The van der Waals surface area contributed by atoms with Gasteiger partial charge in [0.05, 0.1) is 9.16 Å². The molecule has 0 radical (unpaired) electrons. The third kappa shape index (κ3) is 2.81. The van der Waals surface area contributed by atoms with Crippen LogP contribution in [-0.4, -0.2) is 0 Å². The van der Waals surface area contributed by atoms with E-state index in [1.807, 2.05) is 0 Å². The molecule has 0 amide bonds. The Morgan fingerprint density at radius 1 is 1.31 bits per heavy atom. The van der Waals surface area contributed by atoms with Crippen molar-refractivity contribution in [1.82, 2.24) is 0 Å². The van der Waals surface area contributed by atoms with E-state index in [1.54, 1.807) is 11.3 Å². The van der Waals surface area contributed by atoms with Gasteiger partial charge in [-0.1, -0.05) is 12.1 Å². The lowest BCUT2D eigenvalue weighted by atomic mass is 10.1. The second-order valence-corrected chi connectivity index (χ2v) is 7.79. The van der Waals surface area contributed by atoms with E-state index in [-0.39, 0.29) is 5.38 Å². The van der Waals surface area contributed by atoms with Crippen molar-refractivity contribution in [2.45, 2.75) is 12.3 Å². The maximum atomic E-state index is 6.49. The van der Waals surface area contributed by atoms with Gasteiger partial charge in [0.25, 0.3) is 0 Å². The summed E-state index contributed by atoms with van der Waals surface area (Å²) in [6.07, 6.45) is 0. The Hall–Kier alpha value is 0.420. The lowest BCUT2D eigenvalue weighted by molar-refractivity contribution is 1.13. The van der Waals surface area contributed by atoms with Crippen LogP contribution in [0.4, 0.5) is 0 Å². The molecule has 0 fully saturated rings. The number of hydrogen-bond donors (Lipinski definition) is 0. The lowest BCUT2D eigenvalue weighted by Crippen LogP contribution is -1.92. The third-order valence-electron chi connectivity index (χ3n) is 2.36. The normalized spacial score (nSPS) is 12.8. The van der Waals surface area contributed by atoms with E-state index >= 15 is 0 Å². The van der Waals surface area contributed by atoms with E-state index in [0.29, 0.717) is 0 Å². The number of benzene rings is 1. The molecule has 4 heteroatoms. The number of alkyl halides is 1. The molecular formula is C12H9BrClIS. The zero-order chi connectivity index (χ0) is 11.7. The van der Waals surface area contributed by atoms with Gasteiger partial charge >= 0.3 is 0 Å². The molecule has 1 atom stereocenters. The number of thiophene rings is 1. The van der Waals surface area contributed by atoms with Crippen molar-refractivity contribution in [3.63, 3.8) is 0 Å². The Kier molecular flexibility index (Phi) is 4.32. The second kappa shape index (κ2) is 5.38. The van der Waals surface area contributed by atoms with E-state index < -0.39 is 0 Å². The molecule has 0 aliphatic carbocycles. The van der Waals surface area contributed by atoms with Crippen LogP contribution in [0, 0.1) is 10.5 Å². The minimum absolute atomic E-state index is 0.0560. The number of halogens is 3. The first kappa shape index (κ1) is 12.9. The SMILES string of the molecule is Cc1sc(Br)cc1C(Cl)c1ccc(I)cc1. The van der Waals surface area contributed by atoms with Crippen LogP contribution >= 0.6 is 61.5 Å².